The zero-order chi connectivity index (χ0) is 19.8. The number of rotatable bonds is 5. The van der Waals surface area contributed by atoms with Gasteiger partial charge in [-0.2, -0.15) is 15.1 Å². The summed E-state index contributed by atoms with van der Waals surface area (Å²) in [5.41, 5.74) is 9.27. The number of imidazole rings is 1. The predicted octanol–water partition coefficient (Wildman–Crippen LogP) is 0.290. The van der Waals surface area contributed by atoms with E-state index in [4.69, 9.17) is 10.5 Å². The minimum absolute atomic E-state index is 0.118. The Morgan fingerprint density at radius 3 is 2.89 bits per heavy atom. The number of fused-ring (bicyclic) bond motifs is 1. The Labute approximate surface area is 170 Å². The van der Waals surface area contributed by atoms with E-state index in [1.807, 2.05) is 11.4 Å². The van der Waals surface area contributed by atoms with Crippen molar-refractivity contribution in [1.82, 2.24) is 19.5 Å². The summed E-state index contributed by atoms with van der Waals surface area (Å²) in [5, 5.41) is 35.5. The van der Waals surface area contributed by atoms with Crippen molar-refractivity contribution in [3.8, 4) is 0 Å². The third kappa shape index (κ3) is 3.47. The van der Waals surface area contributed by atoms with Crippen LogP contribution in [0, 0.1) is 0 Å². The maximum atomic E-state index is 10.2. The van der Waals surface area contributed by atoms with Gasteiger partial charge in [-0.15, -0.1) is 11.3 Å². The molecule has 1 saturated heterocycles. The van der Waals surface area contributed by atoms with Gasteiger partial charge in [-0.25, -0.2) is 10.4 Å². The third-order valence-corrected chi connectivity index (χ3v) is 5.81. The van der Waals surface area contributed by atoms with Crippen molar-refractivity contribution in [2.24, 2.45) is 5.10 Å². The summed E-state index contributed by atoms with van der Waals surface area (Å²) in [6.45, 7) is -0.432. The lowest BCUT2D eigenvalue weighted by Gasteiger charge is -2.16. The molecule has 1 aliphatic heterocycles. The molecule has 0 aromatic carbocycles. The number of nitrogens with zero attached hydrogens (tertiary/aromatic N) is 5. The topological polar surface area (TPSA) is 164 Å². The summed E-state index contributed by atoms with van der Waals surface area (Å²) >= 11 is 4.88. The minimum Gasteiger partial charge on any atom is -0.394 e. The van der Waals surface area contributed by atoms with Crippen molar-refractivity contribution in [3.05, 3.63) is 27.1 Å². The first-order valence-electron chi connectivity index (χ1n) is 8.13. The lowest BCUT2D eigenvalue weighted by molar-refractivity contribution is -0.0511. The molecule has 3 aromatic rings. The Kier molecular flexibility index (Phi) is 5.27. The Hall–Kier alpha value is -2.16. The number of aromatic nitrogens is 4. The van der Waals surface area contributed by atoms with E-state index in [1.165, 1.54) is 22.2 Å². The van der Waals surface area contributed by atoms with Crippen molar-refractivity contribution in [2.45, 2.75) is 24.5 Å². The Balaban J connectivity index is 1.62. The van der Waals surface area contributed by atoms with Gasteiger partial charge >= 0.3 is 0 Å². The van der Waals surface area contributed by atoms with Crippen molar-refractivity contribution >= 4 is 56.4 Å². The van der Waals surface area contributed by atoms with Crippen LogP contribution in [0.3, 0.4) is 0 Å². The first kappa shape index (κ1) is 19.2. The maximum absolute atomic E-state index is 10.2. The number of nitrogen functional groups attached to an aromatic ring is 1. The highest BCUT2D eigenvalue weighted by molar-refractivity contribution is 9.10. The molecule has 1 fully saturated rings. The molecule has 4 unspecified atom stereocenters. The monoisotopic (exact) mass is 469 g/mol. The zero-order valence-electron chi connectivity index (χ0n) is 14.2. The summed E-state index contributed by atoms with van der Waals surface area (Å²) in [7, 11) is 0. The zero-order valence-corrected chi connectivity index (χ0v) is 16.6. The molecule has 6 N–H and O–H groups in total. The first-order chi connectivity index (χ1) is 13.5. The number of halogens is 1. The number of anilines is 2. The molecule has 4 atom stereocenters. The van der Waals surface area contributed by atoms with Gasteiger partial charge in [0.25, 0.3) is 0 Å². The van der Waals surface area contributed by atoms with Gasteiger partial charge in [0.05, 0.1) is 19.1 Å². The predicted molar refractivity (Wildman–Crippen MR) is 106 cm³/mol. The molecular formula is C15H16BrN7O4S. The molecule has 0 radical (unpaired) electrons. The molecule has 0 saturated carbocycles. The first-order valence-corrected chi connectivity index (χ1v) is 9.81. The summed E-state index contributed by atoms with van der Waals surface area (Å²) in [4.78, 5) is 13.5. The number of nitrogens with two attached hydrogens (primary N) is 1. The van der Waals surface area contributed by atoms with E-state index in [2.05, 4.69) is 41.4 Å². The fourth-order valence-electron chi connectivity index (χ4n) is 2.83. The van der Waals surface area contributed by atoms with Gasteiger partial charge in [-0.1, -0.05) is 0 Å². The summed E-state index contributed by atoms with van der Waals surface area (Å²) < 4.78 is 7.92. The number of hydrogen-bond acceptors (Lipinski definition) is 11. The molecule has 3 aromatic heterocycles. The molecule has 1 aliphatic rings. The van der Waals surface area contributed by atoms with Crippen LogP contribution in [-0.4, -0.2) is 66.0 Å². The fourth-order valence-corrected chi connectivity index (χ4v) is 4.14. The van der Waals surface area contributed by atoms with E-state index in [0.29, 0.717) is 11.2 Å². The molecule has 13 heteroatoms. The average molecular weight is 470 g/mol. The lowest BCUT2D eigenvalue weighted by Crippen LogP contribution is -2.33. The summed E-state index contributed by atoms with van der Waals surface area (Å²) in [6, 6.07) is 1.91. The molecule has 0 spiro atoms. The van der Waals surface area contributed by atoms with Crippen LogP contribution in [-0.2, 0) is 4.74 Å². The molecule has 0 amide bonds. The van der Waals surface area contributed by atoms with E-state index in [9.17, 15) is 15.3 Å². The lowest BCUT2D eigenvalue weighted by atomic mass is 10.1. The van der Waals surface area contributed by atoms with Gasteiger partial charge < -0.3 is 25.8 Å². The number of hydrogen-bond donors (Lipinski definition) is 5. The maximum Gasteiger partial charge on any atom is 0.247 e. The smallest absolute Gasteiger partial charge is 0.247 e. The summed E-state index contributed by atoms with van der Waals surface area (Å²) in [6.07, 6.45) is -1.40. The highest BCUT2D eigenvalue weighted by Gasteiger charge is 2.44. The van der Waals surface area contributed by atoms with Crippen LogP contribution < -0.4 is 11.2 Å². The number of aliphatic hydroxyl groups excluding tert-OH is 3. The number of thiophene rings is 1. The highest BCUT2D eigenvalue weighted by atomic mass is 79.9. The molecule has 148 valence electrons. The van der Waals surface area contributed by atoms with Crippen LogP contribution in [0.2, 0.25) is 0 Å². The number of nitrogens with one attached hydrogen (secondary N) is 1. The summed E-state index contributed by atoms with van der Waals surface area (Å²) in [5.74, 6) is 0.248. The SMILES string of the molecule is Nc1nc(N/N=C/c2cc(Br)cs2)nc2c1ncn2C1OC(CO)C(O)C1O. The van der Waals surface area contributed by atoms with Crippen LogP contribution >= 0.6 is 27.3 Å². The molecule has 0 bridgehead atoms. The van der Waals surface area contributed by atoms with E-state index >= 15 is 0 Å². The average Bonchev–Trinajstić information content (AvgIpc) is 3.35. The van der Waals surface area contributed by atoms with E-state index in [1.54, 1.807) is 6.21 Å². The minimum atomic E-state index is -1.27. The van der Waals surface area contributed by atoms with Gasteiger partial charge in [0, 0.05) is 14.7 Å². The Morgan fingerprint density at radius 2 is 2.21 bits per heavy atom. The van der Waals surface area contributed by atoms with Crippen LogP contribution in [0.1, 0.15) is 11.1 Å². The van der Waals surface area contributed by atoms with Gasteiger partial charge in [0.15, 0.2) is 17.7 Å². The van der Waals surface area contributed by atoms with Crippen LogP contribution in [0.4, 0.5) is 11.8 Å². The highest BCUT2D eigenvalue weighted by Crippen LogP contribution is 2.32. The van der Waals surface area contributed by atoms with Gasteiger partial charge in [-0.3, -0.25) is 4.57 Å². The van der Waals surface area contributed by atoms with E-state index < -0.39 is 31.1 Å². The molecule has 4 heterocycles. The molecule has 4 rings (SSSR count). The van der Waals surface area contributed by atoms with E-state index in [-0.39, 0.29) is 11.8 Å². The van der Waals surface area contributed by atoms with Crippen LogP contribution in [0.15, 0.2) is 27.3 Å². The Morgan fingerprint density at radius 1 is 1.39 bits per heavy atom. The largest absolute Gasteiger partial charge is 0.394 e. The van der Waals surface area contributed by atoms with Crippen molar-refractivity contribution in [2.75, 3.05) is 17.8 Å². The Bertz CT molecular complexity index is 1030. The van der Waals surface area contributed by atoms with Crippen molar-refractivity contribution < 1.29 is 20.1 Å². The number of aliphatic hydroxyl groups is 3. The van der Waals surface area contributed by atoms with Crippen molar-refractivity contribution in [3.63, 3.8) is 0 Å². The normalized spacial score (nSPS) is 25.1. The third-order valence-electron chi connectivity index (χ3n) is 4.18. The standard InChI is InChI=1S/C15H16BrN7O4S/c16-6-1-7(28-4-6)2-19-22-15-20-12(17)9-13(21-15)23(5-18-9)14-11(26)10(25)8(3-24)27-14/h1-2,4-5,8,10-11,14,24-26H,3H2,(H3,17,20,21,22)/b19-2+. The van der Waals surface area contributed by atoms with E-state index in [0.717, 1.165) is 9.35 Å². The van der Waals surface area contributed by atoms with Gasteiger partial charge in [0.1, 0.15) is 23.8 Å². The van der Waals surface area contributed by atoms with Crippen LogP contribution in [0.5, 0.6) is 0 Å². The second-order valence-corrected chi connectivity index (χ2v) is 7.88. The van der Waals surface area contributed by atoms with Crippen molar-refractivity contribution in [1.29, 1.82) is 0 Å². The molecule has 28 heavy (non-hydrogen) atoms. The quantitative estimate of drug-likeness (QED) is 0.260. The second kappa shape index (κ2) is 7.69. The fraction of sp³-hybridized carbons (Fsp3) is 0.333. The van der Waals surface area contributed by atoms with Gasteiger partial charge in [0.2, 0.25) is 5.95 Å². The molecule has 11 nitrogen and oxygen atoms in total. The number of hydrazone groups is 1. The van der Waals surface area contributed by atoms with Crippen LogP contribution in [0.25, 0.3) is 11.2 Å². The molecular weight excluding hydrogens is 454 g/mol. The second-order valence-electron chi connectivity index (χ2n) is 6.02. The van der Waals surface area contributed by atoms with Gasteiger partial charge in [-0.05, 0) is 22.0 Å². The molecule has 0 aliphatic carbocycles. The number of ether oxygens (including phenoxy) is 1.